The van der Waals surface area contributed by atoms with E-state index in [9.17, 15) is 4.79 Å². The molecule has 0 aliphatic carbocycles. The Balaban J connectivity index is 1.68. The zero-order valence-corrected chi connectivity index (χ0v) is 12.0. The highest BCUT2D eigenvalue weighted by Crippen LogP contribution is 2.21. The molecule has 4 nitrogen and oxygen atoms in total. The lowest BCUT2D eigenvalue weighted by Gasteiger charge is -2.34. The van der Waals surface area contributed by atoms with E-state index in [0.29, 0.717) is 0 Å². The van der Waals surface area contributed by atoms with E-state index in [1.54, 1.807) is 0 Å². The summed E-state index contributed by atoms with van der Waals surface area (Å²) in [5, 5.41) is 8.71. The number of piperidine rings is 1. The zero-order valence-electron chi connectivity index (χ0n) is 12.0. The molecule has 0 aromatic heterocycles. The molecule has 0 aromatic carbocycles. The molecule has 108 valence electrons. The van der Waals surface area contributed by atoms with Gasteiger partial charge < -0.3 is 10.0 Å². The van der Waals surface area contributed by atoms with Gasteiger partial charge >= 0.3 is 5.97 Å². The largest absolute Gasteiger partial charge is 0.478 e. The fourth-order valence-corrected chi connectivity index (χ4v) is 3.27. The van der Waals surface area contributed by atoms with Crippen molar-refractivity contribution in [2.75, 3.05) is 39.3 Å². The van der Waals surface area contributed by atoms with E-state index in [1.165, 1.54) is 51.4 Å². The maximum Gasteiger partial charge on any atom is 0.328 e. The number of nitrogens with zero attached hydrogens (tertiary/aromatic N) is 2. The lowest BCUT2D eigenvalue weighted by Crippen LogP contribution is -2.38. The molecule has 19 heavy (non-hydrogen) atoms. The summed E-state index contributed by atoms with van der Waals surface area (Å²) in [7, 11) is 0. The third kappa shape index (κ3) is 4.96. The Kier molecular flexibility index (Phi) is 5.40. The average molecular weight is 266 g/mol. The molecular formula is C15H26N2O2. The number of hydrogen-bond acceptors (Lipinski definition) is 3. The highest BCUT2D eigenvalue weighted by atomic mass is 16.4. The summed E-state index contributed by atoms with van der Waals surface area (Å²) in [6.07, 6.45) is 6.60. The normalized spacial score (nSPS) is 23.9. The molecule has 0 unspecified atom stereocenters. The van der Waals surface area contributed by atoms with E-state index in [4.69, 9.17) is 5.11 Å². The van der Waals surface area contributed by atoms with Gasteiger partial charge in [-0.05, 0) is 64.7 Å². The smallest absolute Gasteiger partial charge is 0.328 e. The number of carboxylic acid groups (broad SMARTS) is 1. The molecule has 2 aliphatic heterocycles. The standard InChI is InChI=1S/C15H26N2O2/c1-13(10-15(18)19)11-17-8-4-14(5-9-17)12-16-6-2-3-7-16/h10,14H,2-9,11-12H2,1H3,(H,18,19). The second-order valence-corrected chi connectivity index (χ2v) is 6.06. The molecule has 2 fully saturated rings. The second-order valence-electron chi connectivity index (χ2n) is 6.06. The predicted molar refractivity (Wildman–Crippen MR) is 76.2 cm³/mol. The van der Waals surface area contributed by atoms with Crippen LogP contribution in [0.4, 0.5) is 0 Å². The molecule has 2 heterocycles. The minimum Gasteiger partial charge on any atom is -0.478 e. The van der Waals surface area contributed by atoms with Crippen LogP contribution in [0.15, 0.2) is 11.6 Å². The van der Waals surface area contributed by atoms with Crippen LogP contribution >= 0.6 is 0 Å². The van der Waals surface area contributed by atoms with Crippen molar-refractivity contribution in [2.24, 2.45) is 5.92 Å². The van der Waals surface area contributed by atoms with Crippen LogP contribution in [-0.2, 0) is 4.79 Å². The van der Waals surface area contributed by atoms with E-state index in [2.05, 4.69) is 9.80 Å². The van der Waals surface area contributed by atoms with E-state index in [1.807, 2.05) is 6.92 Å². The van der Waals surface area contributed by atoms with Crippen LogP contribution in [0.2, 0.25) is 0 Å². The Morgan fingerprint density at radius 2 is 1.79 bits per heavy atom. The zero-order chi connectivity index (χ0) is 13.7. The topological polar surface area (TPSA) is 43.8 Å². The Labute approximate surface area is 116 Å². The third-order valence-electron chi connectivity index (χ3n) is 4.27. The molecule has 2 rings (SSSR count). The summed E-state index contributed by atoms with van der Waals surface area (Å²) in [6.45, 7) is 8.80. The Morgan fingerprint density at radius 3 is 2.37 bits per heavy atom. The minimum absolute atomic E-state index is 0.808. The van der Waals surface area contributed by atoms with Crippen molar-refractivity contribution < 1.29 is 9.90 Å². The molecule has 4 heteroatoms. The van der Waals surface area contributed by atoms with Crippen LogP contribution in [0, 0.1) is 5.92 Å². The van der Waals surface area contributed by atoms with Crippen LogP contribution in [0.3, 0.4) is 0 Å². The van der Waals surface area contributed by atoms with Crippen molar-refractivity contribution >= 4 is 5.97 Å². The first-order chi connectivity index (χ1) is 9.13. The van der Waals surface area contributed by atoms with Crippen molar-refractivity contribution in [1.29, 1.82) is 0 Å². The van der Waals surface area contributed by atoms with Crippen molar-refractivity contribution in [2.45, 2.75) is 32.6 Å². The number of aliphatic carboxylic acids is 1. The Hall–Kier alpha value is -0.870. The minimum atomic E-state index is -0.832. The first-order valence-electron chi connectivity index (χ1n) is 7.48. The van der Waals surface area contributed by atoms with Gasteiger partial charge in [0.15, 0.2) is 0 Å². The lowest BCUT2D eigenvalue weighted by atomic mass is 9.96. The van der Waals surface area contributed by atoms with Crippen molar-refractivity contribution in [3.05, 3.63) is 11.6 Å². The maximum atomic E-state index is 10.6. The van der Waals surface area contributed by atoms with Crippen molar-refractivity contribution in [1.82, 2.24) is 9.80 Å². The molecule has 0 bridgehead atoms. The molecular weight excluding hydrogens is 240 g/mol. The number of rotatable bonds is 5. The lowest BCUT2D eigenvalue weighted by molar-refractivity contribution is -0.131. The monoisotopic (exact) mass is 266 g/mol. The van der Waals surface area contributed by atoms with E-state index < -0.39 is 5.97 Å². The summed E-state index contributed by atoms with van der Waals surface area (Å²) in [5.74, 6) is 0.0135. The molecule has 0 atom stereocenters. The van der Waals surface area contributed by atoms with Gasteiger partial charge in [-0.15, -0.1) is 0 Å². The molecule has 0 aromatic rings. The fourth-order valence-electron chi connectivity index (χ4n) is 3.27. The Morgan fingerprint density at radius 1 is 1.16 bits per heavy atom. The van der Waals surface area contributed by atoms with Crippen LogP contribution in [0.1, 0.15) is 32.6 Å². The maximum absolute atomic E-state index is 10.6. The van der Waals surface area contributed by atoms with Gasteiger partial charge in [0, 0.05) is 19.2 Å². The van der Waals surface area contributed by atoms with Crippen molar-refractivity contribution in [3.63, 3.8) is 0 Å². The SMILES string of the molecule is CC(=CC(=O)O)CN1CCC(CN2CCCC2)CC1. The molecule has 0 spiro atoms. The van der Waals surface area contributed by atoms with E-state index in [0.717, 1.165) is 31.1 Å². The molecule has 2 saturated heterocycles. The first-order valence-corrected chi connectivity index (χ1v) is 7.48. The molecule has 2 aliphatic rings. The summed E-state index contributed by atoms with van der Waals surface area (Å²) < 4.78 is 0. The summed E-state index contributed by atoms with van der Waals surface area (Å²) in [5.41, 5.74) is 0.950. The number of hydrogen-bond donors (Lipinski definition) is 1. The summed E-state index contributed by atoms with van der Waals surface area (Å²) in [4.78, 5) is 15.6. The van der Waals surface area contributed by atoms with Gasteiger partial charge in [-0.1, -0.05) is 5.57 Å². The second kappa shape index (κ2) is 7.06. The van der Waals surface area contributed by atoms with Gasteiger partial charge in [-0.25, -0.2) is 4.79 Å². The van der Waals surface area contributed by atoms with Gasteiger partial charge in [-0.2, -0.15) is 0 Å². The van der Waals surface area contributed by atoms with Gasteiger partial charge in [-0.3, -0.25) is 4.90 Å². The van der Waals surface area contributed by atoms with Gasteiger partial charge in [0.25, 0.3) is 0 Å². The molecule has 0 radical (unpaired) electrons. The predicted octanol–water partition coefficient (Wildman–Crippen LogP) is 1.83. The highest BCUT2D eigenvalue weighted by Gasteiger charge is 2.22. The highest BCUT2D eigenvalue weighted by molar-refractivity contribution is 5.80. The van der Waals surface area contributed by atoms with Crippen LogP contribution in [0.5, 0.6) is 0 Å². The molecule has 0 saturated carbocycles. The van der Waals surface area contributed by atoms with E-state index >= 15 is 0 Å². The van der Waals surface area contributed by atoms with Crippen LogP contribution in [0.25, 0.3) is 0 Å². The number of carboxylic acids is 1. The van der Waals surface area contributed by atoms with Crippen LogP contribution < -0.4 is 0 Å². The summed E-state index contributed by atoms with van der Waals surface area (Å²) in [6, 6.07) is 0. The number of carbonyl (C=O) groups is 1. The third-order valence-corrected chi connectivity index (χ3v) is 4.27. The fraction of sp³-hybridized carbons (Fsp3) is 0.800. The quantitative estimate of drug-likeness (QED) is 0.771. The van der Waals surface area contributed by atoms with Gasteiger partial charge in [0.05, 0.1) is 0 Å². The first kappa shape index (κ1) is 14.5. The molecule has 1 N–H and O–H groups in total. The van der Waals surface area contributed by atoms with Crippen molar-refractivity contribution in [3.8, 4) is 0 Å². The van der Waals surface area contributed by atoms with Gasteiger partial charge in [0.1, 0.15) is 0 Å². The van der Waals surface area contributed by atoms with Crippen LogP contribution in [-0.4, -0.2) is 60.1 Å². The summed E-state index contributed by atoms with van der Waals surface area (Å²) >= 11 is 0. The van der Waals surface area contributed by atoms with Gasteiger partial charge in [0.2, 0.25) is 0 Å². The Bertz CT molecular complexity index is 327. The average Bonchev–Trinajstić information content (AvgIpc) is 2.83. The van der Waals surface area contributed by atoms with E-state index in [-0.39, 0.29) is 0 Å². The molecule has 0 amide bonds. The number of likely N-dealkylation sites (tertiary alicyclic amines) is 2.